The van der Waals surface area contributed by atoms with Crippen LogP contribution in [0.4, 0.5) is 0 Å². The summed E-state index contributed by atoms with van der Waals surface area (Å²) in [7, 11) is 3.14. The topological polar surface area (TPSA) is 68.5 Å². The summed E-state index contributed by atoms with van der Waals surface area (Å²) in [4.78, 5) is 22.1. The number of aromatic carboxylic acids is 1. The predicted octanol–water partition coefficient (Wildman–Crippen LogP) is 1.70. The molecule has 0 bridgehead atoms. The highest BCUT2D eigenvalue weighted by molar-refractivity contribution is 6.08. The zero-order valence-electron chi connectivity index (χ0n) is 9.43. The largest absolute Gasteiger partial charge is 0.497 e. The molecule has 5 nitrogen and oxygen atoms in total. The summed E-state index contributed by atoms with van der Waals surface area (Å²) in [5.41, 5.74) is 0.838. The first-order chi connectivity index (χ1) is 8.10. The summed E-state index contributed by atoms with van der Waals surface area (Å²) in [5.74, 6) is -0.503. The molecular weight excluding hydrogens is 222 g/mol. The average molecular weight is 233 g/mol. The molecule has 0 fully saturated rings. The number of methoxy groups -OCH3 is 1. The van der Waals surface area contributed by atoms with Crippen molar-refractivity contribution in [1.29, 1.82) is 0 Å². The standard InChI is InChI=1S/C12H11NO4/c1-13-10-5-7(17-2)3-4-8(10)9(6-14)11(13)12(15)16/h3-6H,1-2H3,(H,15,16). The van der Waals surface area contributed by atoms with E-state index in [-0.39, 0.29) is 11.3 Å². The van der Waals surface area contributed by atoms with Gasteiger partial charge in [-0.1, -0.05) is 0 Å². The van der Waals surface area contributed by atoms with E-state index in [9.17, 15) is 9.59 Å². The third kappa shape index (κ3) is 1.56. The van der Waals surface area contributed by atoms with Crippen LogP contribution in [0, 0.1) is 0 Å². The van der Waals surface area contributed by atoms with E-state index >= 15 is 0 Å². The quantitative estimate of drug-likeness (QED) is 0.819. The smallest absolute Gasteiger partial charge is 0.353 e. The van der Waals surface area contributed by atoms with E-state index in [4.69, 9.17) is 9.84 Å². The van der Waals surface area contributed by atoms with E-state index in [1.54, 1.807) is 25.2 Å². The normalized spacial score (nSPS) is 10.5. The fourth-order valence-corrected chi connectivity index (χ4v) is 1.95. The molecule has 0 saturated heterocycles. The Balaban J connectivity index is 2.88. The summed E-state index contributed by atoms with van der Waals surface area (Å²) in [6, 6.07) is 5.08. The number of ether oxygens (including phenoxy) is 1. The molecule has 0 unspecified atom stereocenters. The van der Waals surface area contributed by atoms with Gasteiger partial charge in [0.1, 0.15) is 11.4 Å². The maximum Gasteiger partial charge on any atom is 0.353 e. The molecule has 1 aromatic carbocycles. The SMILES string of the molecule is COc1ccc2c(C=O)c(C(=O)O)n(C)c2c1. The zero-order chi connectivity index (χ0) is 12.6. The molecular formula is C12H11NO4. The molecule has 5 heteroatoms. The van der Waals surface area contributed by atoms with Gasteiger partial charge in [-0.3, -0.25) is 4.79 Å². The third-order valence-electron chi connectivity index (χ3n) is 2.77. The number of carboxylic acids is 1. The number of aromatic nitrogens is 1. The fraction of sp³-hybridized carbons (Fsp3) is 0.167. The Hall–Kier alpha value is -2.30. The highest BCUT2D eigenvalue weighted by atomic mass is 16.5. The Kier molecular flexibility index (Phi) is 2.59. The highest BCUT2D eigenvalue weighted by Crippen LogP contribution is 2.27. The molecule has 0 saturated carbocycles. The Labute approximate surface area is 97.2 Å². The number of carbonyl (C=O) groups excluding carboxylic acids is 1. The van der Waals surface area contributed by atoms with Crippen molar-refractivity contribution in [2.75, 3.05) is 7.11 Å². The summed E-state index contributed by atoms with van der Waals surface area (Å²) in [6.45, 7) is 0. The van der Waals surface area contributed by atoms with Gasteiger partial charge in [0, 0.05) is 18.5 Å². The summed E-state index contributed by atoms with van der Waals surface area (Å²) < 4.78 is 6.55. The van der Waals surface area contributed by atoms with Crippen molar-refractivity contribution in [2.24, 2.45) is 7.05 Å². The lowest BCUT2D eigenvalue weighted by atomic mass is 10.1. The van der Waals surface area contributed by atoms with Gasteiger partial charge in [-0.2, -0.15) is 0 Å². The number of rotatable bonds is 3. The number of carboxylic acid groups (broad SMARTS) is 1. The van der Waals surface area contributed by atoms with Gasteiger partial charge in [-0.15, -0.1) is 0 Å². The van der Waals surface area contributed by atoms with E-state index in [0.717, 1.165) is 0 Å². The Morgan fingerprint density at radius 2 is 2.18 bits per heavy atom. The van der Waals surface area contributed by atoms with Crippen LogP contribution in [0.1, 0.15) is 20.8 Å². The van der Waals surface area contributed by atoms with Gasteiger partial charge in [0.05, 0.1) is 18.2 Å². The first-order valence-corrected chi connectivity index (χ1v) is 4.95. The van der Waals surface area contributed by atoms with Gasteiger partial charge >= 0.3 is 5.97 Å². The monoisotopic (exact) mass is 233 g/mol. The number of carbonyl (C=O) groups is 2. The van der Waals surface area contributed by atoms with E-state index in [0.29, 0.717) is 22.9 Å². The molecule has 1 aromatic heterocycles. The van der Waals surface area contributed by atoms with Gasteiger partial charge in [-0.25, -0.2) is 4.79 Å². The first kappa shape index (κ1) is 11.2. The molecule has 88 valence electrons. The van der Waals surface area contributed by atoms with Crippen molar-refractivity contribution < 1.29 is 19.4 Å². The average Bonchev–Trinajstić information content (AvgIpc) is 2.61. The van der Waals surface area contributed by atoms with Crippen LogP contribution in [0.5, 0.6) is 5.75 Å². The fourth-order valence-electron chi connectivity index (χ4n) is 1.95. The minimum atomic E-state index is -1.12. The predicted molar refractivity (Wildman–Crippen MR) is 61.8 cm³/mol. The van der Waals surface area contributed by atoms with E-state index in [1.165, 1.54) is 11.7 Å². The molecule has 0 atom stereocenters. The van der Waals surface area contributed by atoms with Crippen molar-refractivity contribution in [3.05, 3.63) is 29.5 Å². The summed E-state index contributed by atoms with van der Waals surface area (Å²) in [5, 5.41) is 9.71. The van der Waals surface area contributed by atoms with Gasteiger partial charge < -0.3 is 14.4 Å². The van der Waals surface area contributed by atoms with Crippen LogP contribution in [-0.4, -0.2) is 29.0 Å². The molecule has 0 spiro atoms. The molecule has 1 heterocycles. The molecule has 17 heavy (non-hydrogen) atoms. The summed E-state index contributed by atoms with van der Waals surface area (Å²) >= 11 is 0. The molecule has 1 N–H and O–H groups in total. The van der Waals surface area contributed by atoms with E-state index < -0.39 is 5.97 Å². The molecule has 0 radical (unpaired) electrons. The van der Waals surface area contributed by atoms with Crippen molar-refractivity contribution in [2.45, 2.75) is 0 Å². The molecule has 0 aliphatic rings. The minimum absolute atomic E-state index is 0.0109. The first-order valence-electron chi connectivity index (χ1n) is 4.95. The third-order valence-corrected chi connectivity index (χ3v) is 2.77. The number of fused-ring (bicyclic) bond motifs is 1. The van der Waals surface area contributed by atoms with Gasteiger partial charge in [0.15, 0.2) is 6.29 Å². The van der Waals surface area contributed by atoms with Crippen LogP contribution in [-0.2, 0) is 7.05 Å². The Bertz CT molecular complexity index is 612. The maximum atomic E-state index is 11.1. The van der Waals surface area contributed by atoms with Crippen LogP contribution >= 0.6 is 0 Å². The van der Waals surface area contributed by atoms with Gasteiger partial charge in [0.2, 0.25) is 0 Å². The number of hydrogen-bond acceptors (Lipinski definition) is 3. The molecule has 0 amide bonds. The number of aldehydes is 1. The molecule has 2 aromatic rings. The zero-order valence-corrected chi connectivity index (χ0v) is 9.43. The maximum absolute atomic E-state index is 11.1. The second-order valence-corrected chi connectivity index (χ2v) is 3.63. The van der Waals surface area contributed by atoms with Crippen LogP contribution in [0.15, 0.2) is 18.2 Å². The van der Waals surface area contributed by atoms with Crippen LogP contribution in [0.3, 0.4) is 0 Å². The van der Waals surface area contributed by atoms with Crippen LogP contribution in [0.25, 0.3) is 10.9 Å². The lowest BCUT2D eigenvalue weighted by molar-refractivity contribution is 0.0684. The lowest BCUT2D eigenvalue weighted by Crippen LogP contribution is -2.06. The van der Waals surface area contributed by atoms with Crippen molar-refractivity contribution in [3.63, 3.8) is 0 Å². The van der Waals surface area contributed by atoms with Gasteiger partial charge in [0.25, 0.3) is 0 Å². The molecule has 2 rings (SSSR count). The lowest BCUT2D eigenvalue weighted by Gasteiger charge is -2.01. The number of aryl methyl sites for hydroxylation is 1. The van der Waals surface area contributed by atoms with Crippen LogP contribution in [0.2, 0.25) is 0 Å². The number of nitrogens with zero attached hydrogens (tertiary/aromatic N) is 1. The van der Waals surface area contributed by atoms with Crippen molar-refractivity contribution in [1.82, 2.24) is 4.57 Å². The molecule has 0 aliphatic carbocycles. The number of benzene rings is 1. The summed E-state index contributed by atoms with van der Waals surface area (Å²) in [6.07, 6.45) is 0.568. The Morgan fingerprint density at radius 1 is 1.47 bits per heavy atom. The minimum Gasteiger partial charge on any atom is -0.497 e. The number of hydrogen-bond donors (Lipinski definition) is 1. The Morgan fingerprint density at radius 3 is 2.71 bits per heavy atom. The van der Waals surface area contributed by atoms with Gasteiger partial charge in [-0.05, 0) is 12.1 Å². The second kappa shape index (κ2) is 3.93. The van der Waals surface area contributed by atoms with E-state index in [2.05, 4.69) is 0 Å². The highest BCUT2D eigenvalue weighted by Gasteiger charge is 2.20. The second-order valence-electron chi connectivity index (χ2n) is 3.63. The van der Waals surface area contributed by atoms with E-state index in [1.807, 2.05) is 0 Å². The molecule has 0 aliphatic heterocycles. The van der Waals surface area contributed by atoms with Crippen LogP contribution < -0.4 is 4.74 Å². The van der Waals surface area contributed by atoms with Crippen molar-refractivity contribution >= 4 is 23.2 Å². The van der Waals surface area contributed by atoms with Crippen molar-refractivity contribution in [3.8, 4) is 5.75 Å².